The zero-order valence-corrected chi connectivity index (χ0v) is 8.72. The van der Waals surface area contributed by atoms with Crippen LogP contribution in [0.5, 0.6) is 0 Å². The highest BCUT2D eigenvalue weighted by Crippen LogP contribution is 2.42. The topological polar surface area (TPSA) is 28.7 Å². The van der Waals surface area contributed by atoms with Gasteiger partial charge in [0.2, 0.25) is 0 Å². The van der Waals surface area contributed by atoms with Crippen molar-refractivity contribution < 1.29 is 0 Å². The number of aromatic amines is 1. The first-order valence-electron chi connectivity index (χ1n) is 5.11. The van der Waals surface area contributed by atoms with Crippen LogP contribution in [0.25, 0.3) is 0 Å². The second-order valence-electron chi connectivity index (χ2n) is 5.11. The van der Waals surface area contributed by atoms with Gasteiger partial charge in [0, 0.05) is 5.69 Å². The summed E-state index contributed by atoms with van der Waals surface area (Å²) in [5.41, 5.74) is 3.20. The molecule has 0 aliphatic heterocycles. The van der Waals surface area contributed by atoms with E-state index in [0.29, 0.717) is 11.3 Å². The smallest absolute Gasteiger partial charge is 0.0525 e. The Morgan fingerprint density at radius 1 is 1.46 bits per heavy atom. The molecule has 2 heteroatoms. The van der Waals surface area contributed by atoms with Gasteiger partial charge in [-0.25, -0.2) is 0 Å². The van der Waals surface area contributed by atoms with Gasteiger partial charge < -0.3 is 0 Å². The number of rotatable bonds is 0. The van der Waals surface area contributed by atoms with Gasteiger partial charge in [-0.15, -0.1) is 0 Å². The van der Waals surface area contributed by atoms with Crippen LogP contribution < -0.4 is 0 Å². The van der Waals surface area contributed by atoms with Crippen LogP contribution in [0.1, 0.15) is 50.8 Å². The Balaban J connectivity index is 2.35. The number of H-pyrrole nitrogens is 1. The van der Waals surface area contributed by atoms with Crippen LogP contribution in [-0.2, 0) is 6.42 Å². The van der Waals surface area contributed by atoms with Crippen LogP contribution in [-0.4, -0.2) is 10.2 Å². The molecule has 1 atom stereocenters. The highest BCUT2D eigenvalue weighted by Gasteiger charge is 2.31. The molecule has 1 aromatic rings. The summed E-state index contributed by atoms with van der Waals surface area (Å²) in [6.45, 7) is 6.96. The first-order valence-corrected chi connectivity index (χ1v) is 5.11. The molecule has 1 aromatic heterocycles. The molecule has 72 valence electrons. The maximum atomic E-state index is 4.14. The number of nitrogens with zero attached hydrogens (tertiary/aromatic N) is 1. The summed E-state index contributed by atoms with van der Waals surface area (Å²) < 4.78 is 0. The number of fused-ring (bicyclic) bond motifs is 1. The Kier molecular flexibility index (Phi) is 1.94. The second kappa shape index (κ2) is 2.86. The summed E-state index contributed by atoms with van der Waals surface area (Å²) in [6, 6.07) is 0. The molecule has 0 bridgehead atoms. The van der Waals surface area contributed by atoms with Crippen LogP contribution in [0.4, 0.5) is 0 Å². The molecular formula is C11H18N2. The van der Waals surface area contributed by atoms with E-state index in [1.807, 2.05) is 6.20 Å². The molecule has 0 saturated heterocycles. The number of hydrogen-bond donors (Lipinski definition) is 1. The molecule has 2 rings (SSSR count). The summed E-state index contributed by atoms with van der Waals surface area (Å²) in [4.78, 5) is 0. The lowest BCUT2D eigenvalue weighted by Crippen LogP contribution is -2.22. The highest BCUT2D eigenvalue weighted by molar-refractivity contribution is 5.25. The van der Waals surface area contributed by atoms with Crippen molar-refractivity contribution in [1.29, 1.82) is 0 Å². The van der Waals surface area contributed by atoms with Crippen LogP contribution in [0, 0.1) is 5.41 Å². The van der Waals surface area contributed by atoms with Gasteiger partial charge in [-0.3, -0.25) is 5.10 Å². The molecule has 0 aromatic carbocycles. The van der Waals surface area contributed by atoms with Gasteiger partial charge in [-0.05, 0) is 36.2 Å². The van der Waals surface area contributed by atoms with Gasteiger partial charge in [-0.2, -0.15) is 5.10 Å². The van der Waals surface area contributed by atoms with Crippen LogP contribution in [0.3, 0.4) is 0 Å². The monoisotopic (exact) mass is 178 g/mol. The molecule has 1 N–H and O–H groups in total. The van der Waals surface area contributed by atoms with Gasteiger partial charge in [0.05, 0.1) is 6.20 Å². The molecule has 2 nitrogen and oxygen atoms in total. The number of aromatic nitrogens is 2. The lowest BCUT2D eigenvalue weighted by atomic mass is 9.71. The SMILES string of the molecule is CC(C)(C)C1CCCc2[nH]ncc21. The summed E-state index contributed by atoms with van der Waals surface area (Å²) in [5.74, 6) is 0.690. The van der Waals surface area contributed by atoms with Crippen LogP contribution in [0.2, 0.25) is 0 Å². The molecule has 13 heavy (non-hydrogen) atoms. The van der Waals surface area contributed by atoms with E-state index in [2.05, 4.69) is 31.0 Å². The third kappa shape index (κ3) is 1.50. The van der Waals surface area contributed by atoms with E-state index in [9.17, 15) is 0 Å². The van der Waals surface area contributed by atoms with Gasteiger partial charge in [-0.1, -0.05) is 20.8 Å². The second-order valence-corrected chi connectivity index (χ2v) is 5.11. The lowest BCUT2D eigenvalue weighted by Gasteiger charge is -2.33. The average Bonchev–Trinajstić information content (AvgIpc) is 2.48. The predicted octanol–water partition coefficient (Wildman–Crippen LogP) is 2.88. The first kappa shape index (κ1) is 8.79. The third-order valence-corrected chi connectivity index (χ3v) is 3.09. The number of aryl methyl sites for hydroxylation is 1. The van der Waals surface area contributed by atoms with Gasteiger partial charge in [0.1, 0.15) is 0 Å². The number of hydrogen-bond acceptors (Lipinski definition) is 1. The van der Waals surface area contributed by atoms with E-state index in [-0.39, 0.29) is 0 Å². The van der Waals surface area contributed by atoms with Gasteiger partial charge in [0.25, 0.3) is 0 Å². The molecule has 0 spiro atoms. The largest absolute Gasteiger partial charge is 0.282 e. The Bertz CT molecular complexity index is 293. The Hall–Kier alpha value is -0.790. The van der Waals surface area contributed by atoms with Crippen molar-refractivity contribution in [2.75, 3.05) is 0 Å². The molecule has 1 aliphatic rings. The van der Waals surface area contributed by atoms with Crippen molar-refractivity contribution >= 4 is 0 Å². The van der Waals surface area contributed by atoms with Crippen molar-refractivity contribution in [3.63, 3.8) is 0 Å². The van der Waals surface area contributed by atoms with Crippen molar-refractivity contribution in [1.82, 2.24) is 10.2 Å². The van der Waals surface area contributed by atoms with E-state index in [0.717, 1.165) is 0 Å². The lowest BCUT2D eigenvalue weighted by molar-refractivity contribution is 0.289. The zero-order chi connectivity index (χ0) is 9.47. The minimum absolute atomic E-state index is 0.374. The Morgan fingerprint density at radius 3 is 2.92 bits per heavy atom. The summed E-state index contributed by atoms with van der Waals surface area (Å²) >= 11 is 0. The Labute approximate surface area is 79.7 Å². The maximum Gasteiger partial charge on any atom is 0.0525 e. The predicted molar refractivity (Wildman–Crippen MR) is 53.7 cm³/mol. The van der Waals surface area contributed by atoms with Gasteiger partial charge >= 0.3 is 0 Å². The van der Waals surface area contributed by atoms with Gasteiger partial charge in [0.15, 0.2) is 0 Å². The fourth-order valence-electron chi connectivity index (χ4n) is 2.36. The standard InChI is InChI=1S/C11H18N2/c1-11(2,3)9-5-4-6-10-8(9)7-12-13-10/h7,9H,4-6H2,1-3H3,(H,12,13). The Morgan fingerprint density at radius 2 is 2.23 bits per heavy atom. The molecule has 1 unspecified atom stereocenters. The quantitative estimate of drug-likeness (QED) is 0.650. The average molecular weight is 178 g/mol. The molecule has 1 heterocycles. The molecule has 0 amide bonds. The fourth-order valence-corrected chi connectivity index (χ4v) is 2.36. The van der Waals surface area contributed by atoms with Crippen molar-refractivity contribution in [3.8, 4) is 0 Å². The summed E-state index contributed by atoms with van der Waals surface area (Å²) in [7, 11) is 0. The third-order valence-electron chi connectivity index (χ3n) is 3.09. The zero-order valence-electron chi connectivity index (χ0n) is 8.72. The van der Waals surface area contributed by atoms with E-state index >= 15 is 0 Å². The number of nitrogens with one attached hydrogen (secondary N) is 1. The van der Waals surface area contributed by atoms with E-state index < -0.39 is 0 Å². The summed E-state index contributed by atoms with van der Waals surface area (Å²) in [5, 5.41) is 7.25. The van der Waals surface area contributed by atoms with Crippen LogP contribution in [0.15, 0.2) is 6.20 Å². The van der Waals surface area contributed by atoms with Crippen molar-refractivity contribution in [2.45, 2.75) is 46.0 Å². The molecule has 1 aliphatic carbocycles. The first-order chi connectivity index (χ1) is 6.09. The fraction of sp³-hybridized carbons (Fsp3) is 0.727. The maximum absolute atomic E-state index is 4.14. The molecular weight excluding hydrogens is 160 g/mol. The van der Waals surface area contributed by atoms with E-state index in [4.69, 9.17) is 0 Å². The van der Waals surface area contributed by atoms with Crippen LogP contribution >= 0.6 is 0 Å². The molecule has 0 saturated carbocycles. The summed E-state index contributed by atoms with van der Waals surface area (Å²) in [6.07, 6.45) is 5.82. The van der Waals surface area contributed by atoms with E-state index in [1.165, 1.54) is 30.5 Å². The minimum Gasteiger partial charge on any atom is -0.282 e. The minimum atomic E-state index is 0.374. The highest BCUT2D eigenvalue weighted by atomic mass is 15.1. The van der Waals surface area contributed by atoms with E-state index in [1.54, 1.807) is 0 Å². The normalized spacial score (nSPS) is 22.8. The van der Waals surface area contributed by atoms with Crippen molar-refractivity contribution in [2.24, 2.45) is 5.41 Å². The molecule has 0 radical (unpaired) electrons. The van der Waals surface area contributed by atoms with Crippen molar-refractivity contribution in [3.05, 3.63) is 17.5 Å². The molecule has 0 fully saturated rings.